The number of fused-ring (bicyclic) bond motifs is 1. The van der Waals surface area contributed by atoms with Crippen LogP contribution in [0.25, 0.3) is 0 Å². The number of ether oxygens (including phenoxy) is 1. The first-order valence-corrected chi connectivity index (χ1v) is 9.35. The molecule has 1 saturated carbocycles. The molecule has 0 radical (unpaired) electrons. The van der Waals surface area contributed by atoms with Crippen LogP contribution in [0.15, 0.2) is 54.6 Å². The highest BCUT2D eigenvalue weighted by atomic mass is 32.1. The predicted octanol–water partition coefficient (Wildman–Crippen LogP) is 4.25. The van der Waals surface area contributed by atoms with Crippen molar-refractivity contribution in [2.75, 3.05) is 5.32 Å². The van der Waals surface area contributed by atoms with E-state index in [0.717, 1.165) is 22.3 Å². The summed E-state index contributed by atoms with van der Waals surface area (Å²) in [6.07, 6.45) is 5.18. The lowest BCUT2D eigenvalue weighted by molar-refractivity contribution is 0.228. The molecule has 3 unspecified atom stereocenters. The van der Waals surface area contributed by atoms with Gasteiger partial charge in [0.1, 0.15) is 17.7 Å². The lowest BCUT2D eigenvalue weighted by Gasteiger charge is -2.43. The maximum absolute atomic E-state index is 5.85. The highest BCUT2D eigenvalue weighted by Crippen LogP contribution is 2.30. The molecule has 2 aromatic rings. The van der Waals surface area contributed by atoms with Crippen LogP contribution in [0.3, 0.4) is 0 Å². The molecule has 0 aromatic heterocycles. The van der Waals surface area contributed by atoms with Gasteiger partial charge in [0.2, 0.25) is 0 Å². The highest BCUT2D eigenvalue weighted by molar-refractivity contribution is 7.80. The van der Waals surface area contributed by atoms with Gasteiger partial charge < -0.3 is 20.7 Å². The number of thiocarbonyl (C=S) groups is 1. The van der Waals surface area contributed by atoms with Crippen molar-refractivity contribution >= 4 is 23.0 Å². The third-order valence-corrected chi connectivity index (χ3v) is 5.24. The van der Waals surface area contributed by atoms with E-state index in [-0.39, 0.29) is 6.17 Å². The van der Waals surface area contributed by atoms with Gasteiger partial charge in [-0.15, -0.1) is 0 Å². The Morgan fingerprint density at radius 1 is 0.880 bits per heavy atom. The van der Waals surface area contributed by atoms with Crippen molar-refractivity contribution in [1.29, 1.82) is 0 Å². The van der Waals surface area contributed by atoms with Gasteiger partial charge in [-0.25, -0.2) is 0 Å². The molecule has 0 spiro atoms. The minimum atomic E-state index is 0.181. The number of rotatable bonds is 4. The SMILES string of the molecule is S=C1NC2CCCCC2C(Nc2ccc(Oc3ccccc3)cc2)N1. The number of nitrogens with one attached hydrogen (secondary N) is 3. The van der Waals surface area contributed by atoms with E-state index in [9.17, 15) is 0 Å². The largest absolute Gasteiger partial charge is 0.457 e. The maximum atomic E-state index is 5.85. The fraction of sp³-hybridized carbons (Fsp3) is 0.350. The summed E-state index contributed by atoms with van der Waals surface area (Å²) in [6, 6.07) is 18.4. The molecular formula is C20H23N3OS. The van der Waals surface area contributed by atoms with Crippen molar-refractivity contribution in [3.8, 4) is 11.5 Å². The molecule has 0 amide bonds. The molecule has 1 aliphatic heterocycles. The van der Waals surface area contributed by atoms with E-state index >= 15 is 0 Å². The molecule has 2 fully saturated rings. The smallest absolute Gasteiger partial charge is 0.168 e. The quantitative estimate of drug-likeness (QED) is 0.717. The van der Waals surface area contributed by atoms with Crippen molar-refractivity contribution < 1.29 is 4.74 Å². The first kappa shape index (κ1) is 16.2. The molecule has 1 heterocycles. The average Bonchev–Trinajstić information content (AvgIpc) is 2.64. The molecule has 2 aromatic carbocycles. The molecule has 0 bridgehead atoms. The van der Waals surface area contributed by atoms with Gasteiger partial charge in [-0.1, -0.05) is 31.0 Å². The summed E-state index contributed by atoms with van der Waals surface area (Å²) >= 11 is 5.38. The summed E-state index contributed by atoms with van der Waals surface area (Å²) in [5.74, 6) is 2.24. The molecule has 1 aliphatic carbocycles. The van der Waals surface area contributed by atoms with Gasteiger partial charge in [0.25, 0.3) is 0 Å². The van der Waals surface area contributed by atoms with Crippen molar-refractivity contribution in [1.82, 2.24) is 10.6 Å². The van der Waals surface area contributed by atoms with Gasteiger partial charge in [0.15, 0.2) is 5.11 Å². The number of benzene rings is 2. The lowest BCUT2D eigenvalue weighted by Crippen LogP contribution is -2.63. The fourth-order valence-corrected chi connectivity index (χ4v) is 4.04. The van der Waals surface area contributed by atoms with E-state index in [4.69, 9.17) is 17.0 Å². The summed E-state index contributed by atoms with van der Waals surface area (Å²) in [6.45, 7) is 0. The van der Waals surface area contributed by atoms with E-state index in [1.807, 2.05) is 42.5 Å². The molecule has 3 N–H and O–H groups in total. The molecule has 25 heavy (non-hydrogen) atoms. The standard InChI is InChI=1S/C20H23N3OS/c25-20-22-18-9-5-4-8-17(18)19(23-20)21-14-10-12-16(13-11-14)24-15-6-2-1-3-7-15/h1-3,6-7,10-13,17-19,21H,4-5,8-9H2,(H2,22,23,25). The maximum Gasteiger partial charge on any atom is 0.168 e. The van der Waals surface area contributed by atoms with Crippen molar-refractivity contribution in [2.24, 2.45) is 5.92 Å². The second-order valence-electron chi connectivity index (χ2n) is 6.73. The van der Waals surface area contributed by atoms with Gasteiger partial charge in [-0.05, 0) is 61.5 Å². The molecule has 5 heteroatoms. The minimum absolute atomic E-state index is 0.181. The zero-order valence-corrected chi connectivity index (χ0v) is 14.9. The van der Waals surface area contributed by atoms with Crippen molar-refractivity contribution in [3.05, 3.63) is 54.6 Å². The summed E-state index contributed by atoms with van der Waals surface area (Å²) in [5.41, 5.74) is 1.08. The molecular weight excluding hydrogens is 330 g/mol. The molecule has 2 aliphatic rings. The van der Waals surface area contributed by atoms with Crippen LogP contribution in [0.5, 0.6) is 11.5 Å². The Bertz CT molecular complexity index is 719. The number of hydrogen-bond acceptors (Lipinski definition) is 3. The Kier molecular flexibility index (Phi) is 4.74. The third kappa shape index (κ3) is 3.87. The van der Waals surface area contributed by atoms with Crippen LogP contribution < -0.4 is 20.7 Å². The summed E-state index contributed by atoms with van der Waals surface area (Å²) in [7, 11) is 0. The minimum Gasteiger partial charge on any atom is -0.457 e. The number of anilines is 1. The normalized spacial score (nSPS) is 25.3. The first-order valence-electron chi connectivity index (χ1n) is 8.94. The molecule has 1 saturated heterocycles. The summed E-state index contributed by atoms with van der Waals surface area (Å²) in [5, 5.41) is 11.2. The molecule has 3 atom stereocenters. The van der Waals surface area contributed by atoms with Crippen LogP contribution in [-0.2, 0) is 0 Å². The Morgan fingerprint density at radius 3 is 2.40 bits per heavy atom. The topological polar surface area (TPSA) is 45.3 Å². The Balaban J connectivity index is 1.42. The Labute approximate surface area is 154 Å². The van der Waals surface area contributed by atoms with Crippen LogP contribution >= 0.6 is 12.2 Å². The zero-order valence-electron chi connectivity index (χ0n) is 14.1. The second kappa shape index (κ2) is 7.31. The van der Waals surface area contributed by atoms with Crippen LogP contribution in [-0.4, -0.2) is 17.3 Å². The van der Waals surface area contributed by atoms with Crippen molar-refractivity contribution in [3.63, 3.8) is 0 Å². The fourth-order valence-electron chi connectivity index (χ4n) is 3.76. The van der Waals surface area contributed by atoms with Crippen LogP contribution in [0.2, 0.25) is 0 Å². The molecule has 130 valence electrons. The van der Waals surface area contributed by atoms with Crippen LogP contribution in [0.4, 0.5) is 5.69 Å². The van der Waals surface area contributed by atoms with Gasteiger partial charge in [0, 0.05) is 17.6 Å². The van der Waals surface area contributed by atoms with Gasteiger partial charge in [0.05, 0.1) is 0 Å². The van der Waals surface area contributed by atoms with Gasteiger partial charge >= 0.3 is 0 Å². The molecule has 4 rings (SSSR count). The molecule has 4 nitrogen and oxygen atoms in total. The summed E-state index contributed by atoms with van der Waals surface area (Å²) < 4.78 is 5.85. The number of para-hydroxylation sites is 1. The van der Waals surface area contributed by atoms with E-state index < -0.39 is 0 Å². The van der Waals surface area contributed by atoms with Crippen molar-refractivity contribution in [2.45, 2.75) is 37.9 Å². The Hall–Kier alpha value is -2.27. The first-order chi connectivity index (χ1) is 12.3. The van der Waals surface area contributed by atoms with Crippen LogP contribution in [0, 0.1) is 5.92 Å². The van der Waals surface area contributed by atoms with E-state index in [1.54, 1.807) is 0 Å². The lowest BCUT2D eigenvalue weighted by atomic mass is 9.81. The van der Waals surface area contributed by atoms with E-state index in [1.165, 1.54) is 25.7 Å². The van der Waals surface area contributed by atoms with E-state index in [2.05, 4.69) is 28.1 Å². The third-order valence-electron chi connectivity index (χ3n) is 5.01. The Morgan fingerprint density at radius 2 is 1.60 bits per heavy atom. The van der Waals surface area contributed by atoms with Crippen LogP contribution in [0.1, 0.15) is 25.7 Å². The van der Waals surface area contributed by atoms with Gasteiger partial charge in [-0.2, -0.15) is 0 Å². The second-order valence-corrected chi connectivity index (χ2v) is 7.14. The highest BCUT2D eigenvalue weighted by Gasteiger charge is 2.36. The average molecular weight is 353 g/mol. The van der Waals surface area contributed by atoms with E-state index in [0.29, 0.717) is 12.0 Å². The van der Waals surface area contributed by atoms with Gasteiger partial charge in [-0.3, -0.25) is 0 Å². The number of hydrogen-bond donors (Lipinski definition) is 3. The summed E-state index contributed by atoms with van der Waals surface area (Å²) in [4.78, 5) is 0. The zero-order chi connectivity index (χ0) is 17.1. The predicted molar refractivity (Wildman–Crippen MR) is 105 cm³/mol. The monoisotopic (exact) mass is 353 g/mol.